The topological polar surface area (TPSA) is 65.6 Å². The van der Waals surface area contributed by atoms with E-state index in [9.17, 15) is 0 Å². The van der Waals surface area contributed by atoms with Gasteiger partial charge in [-0.05, 0) is 37.8 Å². The van der Waals surface area contributed by atoms with Gasteiger partial charge in [-0.3, -0.25) is 0 Å². The summed E-state index contributed by atoms with van der Waals surface area (Å²) < 4.78 is 0. The van der Waals surface area contributed by atoms with Gasteiger partial charge in [0.1, 0.15) is 17.5 Å². The average molecular weight is 349 g/mol. The zero-order valence-electron chi connectivity index (χ0n) is 15.4. The van der Waals surface area contributed by atoms with Crippen LogP contribution in [0.15, 0.2) is 36.5 Å². The van der Waals surface area contributed by atoms with Crippen molar-refractivity contribution in [1.29, 1.82) is 0 Å². The van der Waals surface area contributed by atoms with Gasteiger partial charge in [0.25, 0.3) is 0 Å². The van der Waals surface area contributed by atoms with Gasteiger partial charge in [0.2, 0.25) is 0 Å². The standard InChI is InChI=1S/C21H27N5/c1-15-24-20(13-21(25-15)26-17-7-3-2-4-8-17)22-12-11-16-14-23-19-10-6-5-9-18(16)19/h5-6,9-10,13-14,17,23H,2-4,7-8,11-12H2,1H3,(H2,22,24,25,26). The highest BCUT2D eigenvalue weighted by molar-refractivity contribution is 5.83. The molecule has 1 saturated carbocycles. The van der Waals surface area contributed by atoms with E-state index >= 15 is 0 Å². The Bertz CT molecular complexity index is 864. The molecule has 0 spiro atoms. The van der Waals surface area contributed by atoms with Crippen molar-refractivity contribution in [2.45, 2.75) is 51.5 Å². The third-order valence-electron chi connectivity index (χ3n) is 5.17. The van der Waals surface area contributed by atoms with E-state index in [4.69, 9.17) is 0 Å². The molecule has 5 nitrogen and oxygen atoms in total. The van der Waals surface area contributed by atoms with Crippen molar-refractivity contribution >= 4 is 22.5 Å². The van der Waals surface area contributed by atoms with Crippen LogP contribution in [-0.4, -0.2) is 27.5 Å². The first-order chi connectivity index (χ1) is 12.8. The molecule has 1 aromatic carbocycles. The zero-order valence-corrected chi connectivity index (χ0v) is 15.4. The number of hydrogen-bond acceptors (Lipinski definition) is 4. The number of nitrogens with zero attached hydrogens (tertiary/aromatic N) is 2. The second-order valence-electron chi connectivity index (χ2n) is 7.20. The number of hydrogen-bond donors (Lipinski definition) is 3. The Morgan fingerprint density at radius 1 is 1.08 bits per heavy atom. The first kappa shape index (κ1) is 16.9. The first-order valence-corrected chi connectivity index (χ1v) is 9.69. The van der Waals surface area contributed by atoms with Crippen LogP contribution in [-0.2, 0) is 6.42 Å². The Balaban J connectivity index is 1.38. The molecule has 5 heteroatoms. The van der Waals surface area contributed by atoms with Gasteiger partial charge in [0.05, 0.1) is 0 Å². The monoisotopic (exact) mass is 349 g/mol. The molecular formula is C21H27N5. The van der Waals surface area contributed by atoms with Gasteiger partial charge >= 0.3 is 0 Å². The fourth-order valence-electron chi connectivity index (χ4n) is 3.85. The second-order valence-corrected chi connectivity index (χ2v) is 7.20. The molecule has 136 valence electrons. The van der Waals surface area contributed by atoms with Crippen molar-refractivity contribution in [2.24, 2.45) is 0 Å². The van der Waals surface area contributed by atoms with Crippen LogP contribution in [0, 0.1) is 6.92 Å². The molecule has 4 rings (SSSR count). The lowest BCUT2D eigenvalue weighted by Crippen LogP contribution is -2.23. The highest BCUT2D eigenvalue weighted by Crippen LogP contribution is 2.22. The van der Waals surface area contributed by atoms with Crippen LogP contribution in [0.1, 0.15) is 43.5 Å². The van der Waals surface area contributed by atoms with Crippen molar-refractivity contribution in [1.82, 2.24) is 15.0 Å². The van der Waals surface area contributed by atoms with Crippen LogP contribution >= 0.6 is 0 Å². The maximum absolute atomic E-state index is 4.56. The Kier molecular flexibility index (Phi) is 5.04. The van der Waals surface area contributed by atoms with Crippen LogP contribution in [0.5, 0.6) is 0 Å². The van der Waals surface area contributed by atoms with E-state index in [-0.39, 0.29) is 0 Å². The van der Waals surface area contributed by atoms with E-state index in [0.29, 0.717) is 6.04 Å². The second kappa shape index (κ2) is 7.77. The summed E-state index contributed by atoms with van der Waals surface area (Å²) in [4.78, 5) is 12.4. The van der Waals surface area contributed by atoms with Crippen molar-refractivity contribution in [3.05, 3.63) is 47.9 Å². The molecule has 1 fully saturated rings. The van der Waals surface area contributed by atoms with Gasteiger partial charge in [0.15, 0.2) is 0 Å². The minimum atomic E-state index is 0.553. The Hall–Kier alpha value is -2.56. The summed E-state index contributed by atoms with van der Waals surface area (Å²) in [5.74, 6) is 2.65. The number of benzene rings is 1. The maximum Gasteiger partial charge on any atom is 0.132 e. The summed E-state index contributed by atoms with van der Waals surface area (Å²) in [6.07, 6.45) is 9.54. The van der Waals surface area contributed by atoms with Crippen LogP contribution < -0.4 is 10.6 Å². The molecule has 0 bridgehead atoms. The largest absolute Gasteiger partial charge is 0.370 e. The van der Waals surface area contributed by atoms with Gasteiger partial charge in [-0.25, -0.2) is 9.97 Å². The Morgan fingerprint density at radius 2 is 1.88 bits per heavy atom. The third-order valence-corrected chi connectivity index (χ3v) is 5.17. The van der Waals surface area contributed by atoms with E-state index < -0.39 is 0 Å². The minimum Gasteiger partial charge on any atom is -0.370 e. The van der Waals surface area contributed by atoms with Crippen LogP contribution in [0.25, 0.3) is 10.9 Å². The Labute approximate surface area is 154 Å². The van der Waals surface area contributed by atoms with Crippen molar-refractivity contribution in [2.75, 3.05) is 17.2 Å². The highest BCUT2D eigenvalue weighted by atomic mass is 15.1. The number of rotatable bonds is 6. The van der Waals surface area contributed by atoms with Crippen molar-refractivity contribution < 1.29 is 0 Å². The van der Waals surface area contributed by atoms with Gasteiger partial charge in [-0.1, -0.05) is 37.5 Å². The van der Waals surface area contributed by atoms with Gasteiger partial charge in [0, 0.05) is 35.8 Å². The fourth-order valence-corrected chi connectivity index (χ4v) is 3.85. The van der Waals surface area contributed by atoms with Gasteiger partial charge in [-0.15, -0.1) is 0 Å². The maximum atomic E-state index is 4.56. The predicted molar refractivity (Wildman–Crippen MR) is 108 cm³/mol. The van der Waals surface area contributed by atoms with Crippen molar-refractivity contribution in [3.8, 4) is 0 Å². The summed E-state index contributed by atoms with van der Waals surface area (Å²) >= 11 is 0. The molecule has 3 N–H and O–H groups in total. The number of anilines is 2. The smallest absolute Gasteiger partial charge is 0.132 e. The summed E-state index contributed by atoms with van der Waals surface area (Å²) in [7, 11) is 0. The molecule has 0 aliphatic heterocycles. The van der Waals surface area contributed by atoms with E-state index in [2.05, 4.69) is 56.0 Å². The quantitative estimate of drug-likeness (QED) is 0.605. The number of aromatic nitrogens is 3. The first-order valence-electron chi connectivity index (χ1n) is 9.69. The third kappa shape index (κ3) is 3.98. The minimum absolute atomic E-state index is 0.553. The van der Waals surface area contributed by atoms with Crippen LogP contribution in [0.3, 0.4) is 0 Å². The molecule has 2 aromatic heterocycles. The molecule has 0 saturated heterocycles. The Morgan fingerprint density at radius 3 is 2.77 bits per heavy atom. The van der Waals surface area contributed by atoms with E-state index in [1.54, 1.807) is 0 Å². The summed E-state index contributed by atoms with van der Waals surface area (Å²) in [5, 5.41) is 8.35. The number of nitrogens with one attached hydrogen (secondary N) is 3. The fraction of sp³-hybridized carbons (Fsp3) is 0.429. The molecule has 3 aromatic rings. The summed E-state index contributed by atoms with van der Waals surface area (Å²) in [6.45, 7) is 2.80. The van der Waals surface area contributed by atoms with Crippen molar-refractivity contribution in [3.63, 3.8) is 0 Å². The lowest BCUT2D eigenvalue weighted by Gasteiger charge is -2.23. The number of fused-ring (bicyclic) bond motifs is 1. The molecule has 0 amide bonds. The lowest BCUT2D eigenvalue weighted by atomic mass is 9.95. The van der Waals surface area contributed by atoms with Crippen LogP contribution in [0.2, 0.25) is 0 Å². The number of aromatic amines is 1. The normalized spacial score (nSPS) is 15.3. The van der Waals surface area contributed by atoms with Gasteiger partial charge in [-0.2, -0.15) is 0 Å². The molecule has 0 unspecified atom stereocenters. The molecule has 2 heterocycles. The van der Waals surface area contributed by atoms with E-state index in [1.165, 1.54) is 48.6 Å². The molecule has 26 heavy (non-hydrogen) atoms. The van der Waals surface area contributed by atoms with E-state index in [1.807, 2.05) is 13.0 Å². The molecule has 1 aliphatic rings. The summed E-state index contributed by atoms with van der Waals surface area (Å²) in [6, 6.07) is 11.0. The molecule has 0 atom stereocenters. The van der Waals surface area contributed by atoms with Crippen LogP contribution in [0.4, 0.5) is 11.6 Å². The molecule has 0 radical (unpaired) electrons. The predicted octanol–water partition coefficient (Wildman–Crippen LogP) is 4.67. The average Bonchev–Trinajstić information content (AvgIpc) is 3.05. The number of aryl methyl sites for hydroxylation is 1. The van der Waals surface area contributed by atoms with Gasteiger partial charge < -0.3 is 15.6 Å². The highest BCUT2D eigenvalue weighted by Gasteiger charge is 2.14. The lowest BCUT2D eigenvalue weighted by molar-refractivity contribution is 0.462. The molecule has 1 aliphatic carbocycles. The summed E-state index contributed by atoms with van der Waals surface area (Å²) in [5.41, 5.74) is 2.53. The SMILES string of the molecule is Cc1nc(NCCc2c[nH]c3ccccc23)cc(NC2CCCCC2)n1. The zero-order chi connectivity index (χ0) is 17.8. The number of para-hydroxylation sites is 1. The number of H-pyrrole nitrogens is 1. The van der Waals surface area contributed by atoms with E-state index in [0.717, 1.165) is 30.4 Å². The molecular weight excluding hydrogens is 322 g/mol.